The minimum atomic E-state index is -0.421. The lowest BCUT2D eigenvalue weighted by molar-refractivity contribution is -0.384. The van der Waals surface area contributed by atoms with Gasteiger partial charge in [-0.2, -0.15) is 0 Å². The fourth-order valence-electron chi connectivity index (χ4n) is 2.77. The molecule has 1 saturated carbocycles. The van der Waals surface area contributed by atoms with Crippen molar-refractivity contribution < 1.29 is 14.1 Å². The molecule has 2 atom stereocenters. The third kappa shape index (κ3) is 3.48. The van der Waals surface area contributed by atoms with E-state index in [1.54, 1.807) is 25.3 Å². The second-order valence-electron chi connectivity index (χ2n) is 5.68. The Morgan fingerprint density at radius 1 is 1.35 bits per heavy atom. The first kappa shape index (κ1) is 15.4. The number of nitrogens with zero attached hydrogens (tertiary/aromatic N) is 1. The summed E-state index contributed by atoms with van der Waals surface area (Å²) in [7, 11) is 1.55. The minimum Gasteiger partial charge on any atom is -0.381 e. The van der Waals surface area contributed by atoms with Crippen molar-refractivity contribution in [2.45, 2.75) is 25.0 Å². The molecule has 23 heavy (non-hydrogen) atoms. The Balaban J connectivity index is 1.75. The van der Waals surface area contributed by atoms with E-state index in [2.05, 4.69) is 5.32 Å². The van der Waals surface area contributed by atoms with E-state index in [0.717, 1.165) is 23.2 Å². The fraction of sp³-hybridized carbons (Fsp3) is 0.294. The molecule has 5 nitrogen and oxygen atoms in total. The maximum atomic E-state index is 13.3. The second-order valence-corrected chi connectivity index (χ2v) is 5.68. The van der Waals surface area contributed by atoms with Gasteiger partial charge >= 0.3 is 0 Å². The standard InChI is InChI=1S/C17H17FN2O3/c1-23-10-12-8-14(20(21)22)5-6-16(12)19-17-9-15(17)11-3-2-4-13(18)7-11/h2-8,15,17,19H,9-10H2,1H3/t15-,17+/m0/s1. The molecule has 2 aromatic carbocycles. The summed E-state index contributed by atoms with van der Waals surface area (Å²) in [4.78, 5) is 10.5. The smallest absolute Gasteiger partial charge is 0.269 e. The molecule has 1 N–H and O–H groups in total. The van der Waals surface area contributed by atoms with Gasteiger partial charge in [0.15, 0.2) is 0 Å². The van der Waals surface area contributed by atoms with E-state index in [1.165, 1.54) is 18.2 Å². The monoisotopic (exact) mass is 316 g/mol. The second kappa shape index (κ2) is 6.34. The molecule has 6 heteroatoms. The first-order valence-electron chi connectivity index (χ1n) is 7.36. The Morgan fingerprint density at radius 3 is 2.87 bits per heavy atom. The van der Waals surface area contributed by atoms with Crippen LogP contribution in [-0.2, 0) is 11.3 Å². The van der Waals surface area contributed by atoms with E-state index in [0.29, 0.717) is 6.61 Å². The van der Waals surface area contributed by atoms with E-state index >= 15 is 0 Å². The number of nitro groups is 1. The molecule has 0 bridgehead atoms. The Kier molecular flexibility index (Phi) is 4.25. The van der Waals surface area contributed by atoms with Crippen LogP contribution in [0.15, 0.2) is 42.5 Å². The van der Waals surface area contributed by atoms with Crippen molar-refractivity contribution in [1.29, 1.82) is 0 Å². The first-order valence-corrected chi connectivity index (χ1v) is 7.36. The van der Waals surface area contributed by atoms with Crippen molar-refractivity contribution in [1.82, 2.24) is 0 Å². The van der Waals surface area contributed by atoms with Crippen molar-refractivity contribution in [3.63, 3.8) is 0 Å². The van der Waals surface area contributed by atoms with E-state index < -0.39 is 4.92 Å². The number of nitro benzene ring substituents is 1. The lowest BCUT2D eigenvalue weighted by atomic mass is 10.1. The Hall–Kier alpha value is -2.47. The average molecular weight is 316 g/mol. The van der Waals surface area contributed by atoms with Gasteiger partial charge in [0, 0.05) is 42.5 Å². The van der Waals surface area contributed by atoms with E-state index in [9.17, 15) is 14.5 Å². The maximum Gasteiger partial charge on any atom is 0.269 e. The summed E-state index contributed by atoms with van der Waals surface area (Å²) in [6, 6.07) is 11.5. The summed E-state index contributed by atoms with van der Waals surface area (Å²) >= 11 is 0. The molecule has 2 aromatic rings. The number of benzene rings is 2. The van der Waals surface area contributed by atoms with Gasteiger partial charge in [0.1, 0.15) is 5.82 Å². The highest BCUT2D eigenvalue weighted by Gasteiger charge is 2.38. The Morgan fingerprint density at radius 2 is 2.17 bits per heavy atom. The summed E-state index contributed by atoms with van der Waals surface area (Å²) in [6.45, 7) is 0.293. The third-order valence-electron chi connectivity index (χ3n) is 4.01. The van der Waals surface area contributed by atoms with Gasteiger partial charge in [-0.1, -0.05) is 12.1 Å². The zero-order chi connectivity index (χ0) is 16.4. The van der Waals surface area contributed by atoms with Gasteiger partial charge in [-0.3, -0.25) is 10.1 Å². The topological polar surface area (TPSA) is 64.4 Å². The molecule has 0 aliphatic heterocycles. The maximum absolute atomic E-state index is 13.3. The van der Waals surface area contributed by atoms with Gasteiger partial charge < -0.3 is 10.1 Å². The number of hydrogen-bond donors (Lipinski definition) is 1. The van der Waals surface area contributed by atoms with Crippen molar-refractivity contribution in [3.8, 4) is 0 Å². The number of ether oxygens (including phenoxy) is 1. The predicted molar refractivity (Wildman–Crippen MR) is 85.0 cm³/mol. The highest BCUT2D eigenvalue weighted by atomic mass is 19.1. The molecule has 3 rings (SSSR count). The molecule has 1 aliphatic rings. The van der Waals surface area contributed by atoms with Crippen LogP contribution in [0.3, 0.4) is 0 Å². The number of methoxy groups -OCH3 is 1. The van der Waals surface area contributed by atoms with Crippen molar-refractivity contribution in [3.05, 3.63) is 69.5 Å². The molecular formula is C17H17FN2O3. The number of rotatable bonds is 6. The van der Waals surface area contributed by atoms with Crippen LogP contribution in [0.1, 0.15) is 23.5 Å². The predicted octanol–water partition coefficient (Wildman–Crippen LogP) is 3.85. The van der Waals surface area contributed by atoms with Crippen LogP contribution >= 0.6 is 0 Å². The van der Waals surface area contributed by atoms with Gasteiger partial charge in [0.05, 0.1) is 11.5 Å². The molecule has 0 radical (unpaired) electrons. The van der Waals surface area contributed by atoms with Gasteiger partial charge in [-0.05, 0) is 30.2 Å². The van der Waals surface area contributed by atoms with Crippen molar-refractivity contribution >= 4 is 11.4 Å². The number of hydrogen-bond acceptors (Lipinski definition) is 4. The number of halogens is 1. The van der Waals surface area contributed by atoms with E-state index in [-0.39, 0.29) is 23.5 Å². The van der Waals surface area contributed by atoms with Gasteiger partial charge in [0.2, 0.25) is 0 Å². The molecule has 0 heterocycles. The molecule has 1 aliphatic carbocycles. The summed E-state index contributed by atoms with van der Waals surface area (Å²) in [5.41, 5.74) is 2.57. The third-order valence-corrected chi connectivity index (χ3v) is 4.01. The van der Waals surface area contributed by atoms with Crippen LogP contribution in [0.2, 0.25) is 0 Å². The van der Waals surface area contributed by atoms with Crippen LogP contribution in [-0.4, -0.2) is 18.1 Å². The van der Waals surface area contributed by atoms with Crippen LogP contribution in [0.4, 0.5) is 15.8 Å². The van der Waals surface area contributed by atoms with Gasteiger partial charge in [-0.25, -0.2) is 4.39 Å². The molecule has 0 unspecified atom stereocenters. The molecule has 0 saturated heterocycles. The van der Waals surface area contributed by atoms with Crippen molar-refractivity contribution in [2.24, 2.45) is 0 Å². The number of anilines is 1. The van der Waals surface area contributed by atoms with Crippen molar-refractivity contribution in [2.75, 3.05) is 12.4 Å². The minimum absolute atomic E-state index is 0.0417. The molecule has 1 fully saturated rings. The molecular weight excluding hydrogens is 299 g/mol. The number of non-ortho nitro benzene ring substituents is 1. The van der Waals surface area contributed by atoms with Gasteiger partial charge in [0.25, 0.3) is 5.69 Å². The SMILES string of the molecule is COCc1cc([N+](=O)[O-])ccc1N[C@@H]1C[C@H]1c1cccc(F)c1. The highest BCUT2D eigenvalue weighted by molar-refractivity contribution is 5.58. The lowest BCUT2D eigenvalue weighted by Crippen LogP contribution is -2.07. The summed E-state index contributed by atoms with van der Waals surface area (Å²) in [6.07, 6.45) is 0.910. The normalized spacial score (nSPS) is 19.4. The molecule has 120 valence electrons. The van der Waals surface area contributed by atoms with Gasteiger partial charge in [-0.15, -0.1) is 0 Å². The molecule has 0 spiro atoms. The largest absolute Gasteiger partial charge is 0.381 e. The van der Waals surface area contributed by atoms with Crippen LogP contribution < -0.4 is 5.32 Å². The molecule has 0 amide bonds. The summed E-state index contributed by atoms with van der Waals surface area (Å²) in [5.74, 6) is 0.0276. The summed E-state index contributed by atoms with van der Waals surface area (Å²) in [5, 5.41) is 14.3. The molecule has 0 aromatic heterocycles. The van der Waals surface area contributed by atoms with Crippen LogP contribution in [0.25, 0.3) is 0 Å². The first-order chi connectivity index (χ1) is 11.1. The Bertz CT molecular complexity index is 736. The zero-order valence-corrected chi connectivity index (χ0v) is 12.7. The highest BCUT2D eigenvalue weighted by Crippen LogP contribution is 2.43. The summed E-state index contributed by atoms with van der Waals surface area (Å²) < 4.78 is 18.4. The average Bonchev–Trinajstić information content (AvgIpc) is 3.28. The van der Waals surface area contributed by atoms with E-state index in [1.807, 2.05) is 6.07 Å². The Labute approximate surface area is 133 Å². The fourth-order valence-corrected chi connectivity index (χ4v) is 2.77. The van der Waals surface area contributed by atoms with E-state index in [4.69, 9.17) is 4.74 Å². The van der Waals surface area contributed by atoms with Crippen LogP contribution in [0, 0.1) is 15.9 Å². The quantitative estimate of drug-likeness (QED) is 0.649. The number of nitrogens with one attached hydrogen (secondary N) is 1. The zero-order valence-electron chi connectivity index (χ0n) is 12.7. The van der Waals surface area contributed by atoms with Crippen LogP contribution in [0.5, 0.6) is 0 Å². The lowest BCUT2D eigenvalue weighted by Gasteiger charge is -2.11.